The lowest BCUT2D eigenvalue weighted by Gasteiger charge is -2.31. The van der Waals surface area contributed by atoms with Crippen LogP contribution in [0.25, 0.3) is 0 Å². The molecule has 0 bridgehead atoms. The van der Waals surface area contributed by atoms with Crippen LogP contribution in [-0.2, 0) is 7.05 Å². The van der Waals surface area contributed by atoms with Crippen LogP contribution in [-0.4, -0.2) is 44.8 Å². The van der Waals surface area contributed by atoms with Crippen molar-refractivity contribution in [1.29, 1.82) is 0 Å². The number of pyridine rings is 1. The Bertz CT molecular complexity index is 703. The van der Waals surface area contributed by atoms with Gasteiger partial charge in [-0.05, 0) is 38.8 Å². The van der Waals surface area contributed by atoms with Crippen molar-refractivity contribution in [2.45, 2.75) is 38.7 Å². The van der Waals surface area contributed by atoms with Crippen molar-refractivity contribution < 1.29 is 9.53 Å². The maximum absolute atomic E-state index is 12.7. The SMILES string of the molecule is CC(C)Oc1cccc(C(=O)N2CCC(c3ccnn3C)CC2)n1. The summed E-state index contributed by atoms with van der Waals surface area (Å²) in [6, 6.07) is 7.42. The molecule has 128 valence electrons. The van der Waals surface area contributed by atoms with Crippen LogP contribution < -0.4 is 4.74 Å². The van der Waals surface area contributed by atoms with Crippen molar-refractivity contribution in [3.05, 3.63) is 41.9 Å². The van der Waals surface area contributed by atoms with Gasteiger partial charge in [-0.1, -0.05) is 6.07 Å². The maximum atomic E-state index is 12.7. The van der Waals surface area contributed by atoms with Gasteiger partial charge in [0.15, 0.2) is 0 Å². The molecule has 6 nitrogen and oxygen atoms in total. The first-order chi connectivity index (χ1) is 11.5. The summed E-state index contributed by atoms with van der Waals surface area (Å²) in [6.07, 6.45) is 3.77. The molecule has 2 aromatic heterocycles. The van der Waals surface area contributed by atoms with Gasteiger partial charge in [0.05, 0.1) is 6.10 Å². The number of aromatic nitrogens is 3. The largest absolute Gasteiger partial charge is 0.475 e. The summed E-state index contributed by atoms with van der Waals surface area (Å²) in [6.45, 7) is 5.37. The molecule has 0 N–H and O–H groups in total. The van der Waals surface area contributed by atoms with Crippen molar-refractivity contribution in [2.75, 3.05) is 13.1 Å². The van der Waals surface area contributed by atoms with Crippen LogP contribution in [0, 0.1) is 0 Å². The summed E-state index contributed by atoms with van der Waals surface area (Å²) in [7, 11) is 1.97. The number of likely N-dealkylation sites (tertiary alicyclic amines) is 1. The van der Waals surface area contributed by atoms with Gasteiger partial charge in [0.1, 0.15) is 5.69 Å². The zero-order valence-corrected chi connectivity index (χ0v) is 14.5. The van der Waals surface area contributed by atoms with E-state index in [9.17, 15) is 4.79 Å². The highest BCUT2D eigenvalue weighted by atomic mass is 16.5. The Morgan fingerprint density at radius 2 is 2.00 bits per heavy atom. The number of nitrogens with zero attached hydrogens (tertiary/aromatic N) is 4. The smallest absolute Gasteiger partial charge is 0.272 e. The molecule has 1 saturated heterocycles. The second kappa shape index (κ2) is 7.03. The summed E-state index contributed by atoms with van der Waals surface area (Å²) in [5, 5.41) is 4.24. The van der Waals surface area contributed by atoms with Gasteiger partial charge in [-0.2, -0.15) is 5.10 Å². The monoisotopic (exact) mass is 328 g/mol. The molecule has 0 atom stereocenters. The van der Waals surface area contributed by atoms with Crippen LogP contribution in [0.15, 0.2) is 30.5 Å². The van der Waals surface area contributed by atoms with Crippen molar-refractivity contribution in [1.82, 2.24) is 19.7 Å². The van der Waals surface area contributed by atoms with Gasteiger partial charge >= 0.3 is 0 Å². The highest BCUT2D eigenvalue weighted by Crippen LogP contribution is 2.28. The molecule has 0 aliphatic carbocycles. The summed E-state index contributed by atoms with van der Waals surface area (Å²) in [4.78, 5) is 18.9. The van der Waals surface area contributed by atoms with E-state index in [1.165, 1.54) is 5.69 Å². The summed E-state index contributed by atoms with van der Waals surface area (Å²) in [5.74, 6) is 0.943. The van der Waals surface area contributed by atoms with Crippen LogP contribution in [0.2, 0.25) is 0 Å². The highest BCUT2D eigenvalue weighted by molar-refractivity contribution is 5.92. The van der Waals surface area contributed by atoms with Crippen molar-refractivity contribution in [2.24, 2.45) is 7.05 Å². The van der Waals surface area contributed by atoms with E-state index in [2.05, 4.69) is 16.1 Å². The fourth-order valence-corrected chi connectivity index (χ4v) is 3.17. The molecule has 0 saturated carbocycles. The van der Waals surface area contributed by atoms with Crippen molar-refractivity contribution >= 4 is 5.91 Å². The van der Waals surface area contributed by atoms with E-state index in [-0.39, 0.29) is 12.0 Å². The second-order valence-corrected chi connectivity index (χ2v) is 6.47. The number of amides is 1. The highest BCUT2D eigenvalue weighted by Gasteiger charge is 2.26. The summed E-state index contributed by atoms with van der Waals surface area (Å²) >= 11 is 0. The summed E-state index contributed by atoms with van der Waals surface area (Å²) < 4.78 is 7.51. The van der Waals surface area contributed by atoms with E-state index >= 15 is 0 Å². The van der Waals surface area contributed by atoms with Crippen molar-refractivity contribution in [3.63, 3.8) is 0 Å². The molecule has 0 spiro atoms. The normalized spacial score (nSPS) is 15.8. The third kappa shape index (κ3) is 3.58. The predicted octanol–water partition coefficient (Wildman–Crippen LogP) is 2.62. The van der Waals surface area contributed by atoms with Crippen LogP contribution >= 0.6 is 0 Å². The Hall–Kier alpha value is -2.37. The Kier molecular flexibility index (Phi) is 4.83. The molecule has 1 aliphatic rings. The molecule has 0 unspecified atom stereocenters. The number of rotatable bonds is 4. The molecule has 0 radical (unpaired) electrons. The minimum atomic E-state index is -0.0207. The van der Waals surface area contributed by atoms with Gasteiger partial charge in [0, 0.05) is 44.0 Å². The van der Waals surface area contributed by atoms with E-state index in [1.54, 1.807) is 12.1 Å². The molecule has 24 heavy (non-hydrogen) atoms. The number of carbonyl (C=O) groups excluding carboxylic acids is 1. The third-order valence-corrected chi connectivity index (χ3v) is 4.36. The molecule has 0 aromatic carbocycles. The molecular formula is C18H24N4O2. The average molecular weight is 328 g/mol. The predicted molar refractivity (Wildman–Crippen MR) is 91.1 cm³/mol. The van der Waals surface area contributed by atoms with E-state index in [4.69, 9.17) is 4.74 Å². The van der Waals surface area contributed by atoms with E-state index in [0.29, 0.717) is 17.5 Å². The van der Waals surface area contributed by atoms with Gasteiger partial charge in [-0.15, -0.1) is 0 Å². The number of piperidine rings is 1. The Labute approximate surface area is 142 Å². The molecule has 3 heterocycles. The molecule has 2 aromatic rings. The van der Waals surface area contributed by atoms with Gasteiger partial charge in [0.2, 0.25) is 5.88 Å². The maximum Gasteiger partial charge on any atom is 0.272 e. The number of hydrogen-bond acceptors (Lipinski definition) is 4. The Balaban J connectivity index is 1.64. The summed E-state index contributed by atoms with van der Waals surface area (Å²) in [5.41, 5.74) is 1.69. The van der Waals surface area contributed by atoms with Crippen LogP contribution in [0.5, 0.6) is 5.88 Å². The van der Waals surface area contributed by atoms with Crippen LogP contribution in [0.1, 0.15) is 48.8 Å². The van der Waals surface area contributed by atoms with Gasteiger partial charge < -0.3 is 9.64 Å². The quantitative estimate of drug-likeness (QED) is 0.865. The second-order valence-electron chi connectivity index (χ2n) is 6.47. The van der Waals surface area contributed by atoms with Gasteiger partial charge in [0.25, 0.3) is 5.91 Å². The molecule has 1 amide bonds. The molecule has 1 fully saturated rings. The average Bonchev–Trinajstić information content (AvgIpc) is 3.00. The molecule has 1 aliphatic heterocycles. The number of aryl methyl sites for hydroxylation is 1. The van der Waals surface area contributed by atoms with E-state index in [1.807, 2.05) is 42.7 Å². The fourth-order valence-electron chi connectivity index (χ4n) is 3.17. The lowest BCUT2D eigenvalue weighted by Crippen LogP contribution is -2.38. The van der Waals surface area contributed by atoms with Crippen LogP contribution in [0.3, 0.4) is 0 Å². The standard InChI is InChI=1S/C18H24N4O2/c1-13(2)24-17-6-4-5-15(20-17)18(23)22-11-8-14(9-12-22)16-7-10-19-21(16)3/h4-7,10,13-14H,8-9,11-12H2,1-3H3. The topological polar surface area (TPSA) is 60.2 Å². The zero-order chi connectivity index (χ0) is 17.1. The molecule has 6 heteroatoms. The first-order valence-corrected chi connectivity index (χ1v) is 8.45. The van der Waals surface area contributed by atoms with Gasteiger partial charge in [-0.25, -0.2) is 4.98 Å². The minimum absolute atomic E-state index is 0.0207. The van der Waals surface area contributed by atoms with Crippen LogP contribution in [0.4, 0.5) is 0 Å². The van der Waals surface area contributed by atoms with E-state index in [0.717, 1.165) is 25.9 Å². The first kappa shape index (κ1) is 16.5. The molecule has 3 rings (SSSR count). The fraction of sp³-hybridized carbons (Fsp3) is 0.500. The number of ether oxygens (including phenoxy) is 1. The minimum Gasteiger partial charge on any atom is -0.475 e. The van der Waals surface area contributed by atoms with E-state index < -0.39 is 0 Å². The number of hydrogen-bond donors (Lipinski definition) is 0. The third-order valence-electron chi connectivity index (χ3n) is 4.36. The zero-order valence-electron chi connectivity index (χ0n) is 14.5. The van der Waals surface area contributed by atoms with Crippen molar-refractivity contribution in [3.8, 4) is 5.88 Å². The Morgan fingerprint density at radius 1 is 1.25 bits per heavy atom. The van der Waals surface area contributed by atoms with Gasteiger partial charge in [-0.3, -0.25) is 9.48 Å². The lowest BCUT2D eigenvalue weighted by atomic mass is 9.93. The first-order valence-electron chi connectivity index (χ1n) is 8.45. The molecular weight excluding hydrogens is 304 g/mol. The lowest BCUT2D eigenvalue weighted by molar-refractivity contribution is 0.0703. The Morgan fingerprint density at radius 3 is 2.62 bits per heavy atom. The number of carbonyl (C=O) groups is 1.